The van der Waals surface area contributed by atoms with Crippen LogP contribution in [0, 0.1) is 25.2 Å². The Balaban J connectivity index is 2.61. The Labute approximate surface area is 104 Å². The molecule has 0 N–H and O–H groups in total. The van der Waals surface area contributed by atoms with Crippen LogP contribution in [0.2, 0.25) is 5.15 Å². The number of hydrogen-bond acceptors (Lipinski definition) is 4. The highest BCUT2D eigenvalue weighted by atomic mass is 35.5. The number of halogens is 1. The molecule has 0 spiro atoms. The fourth-order valence-electron chi connectivity index (χ4n) is 1.48. The van der Waals surface area contributed by atoms with E-state index in [2.05, 4.69) is 15.2 Å². The first kappa shape index (κ1) is 11.5. The summed E-state index contributed by atoms with van der Waals surface area (Å²) < 4.78 is 0. The lowest BCUT2D eigenvalue weighted by Crippen LogP contribution is -1.97. The molecule has 84 valence electrons. The van der Waals surface area contributed by atoms with Gasteiger partial charge in [-0.25, -0.2) is 0 Å². The van der Waals surface area contributed by atoms with Gasteiger partial charge in [-0.3, -0.25) is 4.98 Å². The summed E-state index contributed by atoms with van der Waals surface area (Å²) in [7, 11) is 0. The van der Waals surface area contributed by atoms with Gasteiger partial charge in [0.05, 0.1) is 11.3 Å². The predicted octanol–water partition coefficient (Wildman–Crippen LogP) is 2.68. The summed E-state index contributed by atoms with van der Waals surface area (Å²) in [6.45, 7) is 3.81. The summed E-state index contributed by atoms with van der Waals surface area (Å²) in [4.78, 5) is 4.00. The SMILES string of the molecule is Cc1c(Cl)nnc(-c2cncc(C#N)c2)c1C. The van der Waals surface area contributed by atoms with Crippen molar-refractivity contribution in [2.75, 3.05) is 0 Å². The molecule has 0 saturated carbocycles. The van der Waals surface area contributed by atoms with E-state index in [9.17, 15) is 0 Å². The van der Waals surface area contributed by atoms with Gasteiger partial charge < -0.3 is 0 Å². The Kier molecular flexibility index (Phi) is 3.03. The van der Waals surface area contributed by atoms with Crippen molar-refractivity contribution in [2.24, 2.45) is 0 Å². The average Bonchev–Trinajstić information content (AvgIpc) is 2.36. The molecule has 0 aliphatic rings. The summed E-state index contributed by atoms with van der Waals surface area (Å²) in [5.74, 6) is 0. The molecule has 0 fully saturated rings. The van der Waals surface area contributed by atoms with Crippen LogP contribution in [0.4, 0.5) is 0 Å². The zero-order valence-corrected chi connectivity index (χ0v) is 10.2. The van der Waals surface area contributed by atoms with Gasteiger partial charge in [0.15, 0.2) is 5.15 Å². The molecule has 0 radical (unpaired) electrons. The first-order valence-electron chi connectivity index (χ1n) is 4.98. The minimum atomic E-state index is 0.399. The predicted molar refractivity (Wildman–Crippen MR) is 64.5 cm³/mol. The van der Waals surface area contributed by atoms with E-state index in [0.717, 1.165) is 16.7 Å². The molecule has 0 unspecified atom stereocenters. The minimum Gasteiger partial charge on any atom is -0.263 e. The number of pyridine rings is 1. The maximum absolute atomic E-state index is 8.83. The van der Waals surface area contributed by atoms with Gasteiger partial charge >= 0.3 is 0 Å². The van der Waals surface area contributed by atoms with Crippen molar-refractivity contribution in [3.05, 3.63) is 40.3 Å². The highest BCUT2D eigenvalue weighted by molar-refractivity contribution is 6.30. The standard InChI is InChI=1S/C12H9ClN4/c1-7-8(2)12(13)17-16-11(7)10-3-9(4-14)5-15-6-10/h3,5-6H,1-2H3. The Hall–Kier alpha value is -1.99. The van der Waals surface area contributed by atoms with Gasteiger partial charge in [0.1, 0.15) is 6.07 Å². The van der Waals surface area contributed by atoms with E-state index in [0.29, 0.717) is 16.4 Å². The average molecular weight is 245 g/mol. The molecule has 0 atom stereocenters. The number of aromatic nitrogens is 3. The summed E-state index contributed by atoms with van der Waals surface area (Å²) in [6.07, 6.45) is 3.17. The van der Waals surface area contributed by atoms with E-state index in [4.69, 9.17) is 16.9 Å². The Bertz CT molecular complexity index is 616. The molecule has 5 heteroatoms. The van der Waals surface area contributed by atoms with Gasteiger partial charge in [0.25, 0.3) is 0 Å². The van der Waals surface area contributed by atoms with Crippen LogP contribution in [0.25, 0.3) is 11.3 Å². The van der Waals surface area contributed by atoms with Gasteiger partial charge in [-0.2, -0.15) is 5.26 Å². The van der Waals surface area contributed by atoms with E-state index in [1.54, 1.807) is 12.3 Å². The van der Waals surface area contributed by atoms with Gasteiger partial charge in [-0.05, 0) is 31.0 Å². The van der Waals surface area contributed by atoms with Gasteiger partial charge in [0.2, 0.25) is 0 Å². The molecule has 0 bridgehead atoms. The van der Waals surface area contributed by atoms with Crippen LogP contribution in [0.5, 0.6) is 0 Å². The highest BCUT2D eigenvalue weighted by Gasteiger charge is 2.10. The van der Waals surface area contributed by atoms with E-state index >= 15 is 0 Å². The quantitative estimate of drug-likeness (QED) is 0.774. The molecule has 0 amide bonds. The number of nitriles is 1. The molecule has 2 rings (SSSR count). The van der Waals surface area contributed by atoms with Crippen molar-refractivity contribution in [3.63, 3.8) is 0 Å². The van der Waals surface area contributed by atoms with E-state index in [1.807, 2.05) is 19.9 Å². The first-order chi connectivity index (χ1) is 8.13. The van der Waals surface area contributed by atoms with Crippen LogP contribution in [-0.4, -0.2) is 15.2 Å². The lowest BCUT2D eigenvalue weighted by Gasteiger charge is -2.07. The van der Waals surface area contributed by atoms with E-state index in [-0.39, 0.29) is 0 Å². The van der Waals surface area contributed by atoms with Crippen molar-refractivity contribution < 1.29 is 0 Å². The second kappa shape index (κ2) is 4.48. The monoisotopic (exact) mass is 244 g/mol. The van der Waals surface area contributed by atoms with Crippen molar-refractivity contribution in [3.8, 4) is 17.3 Å². The molecular formula is C12H9ClN4. The van der Waals surface area contributed by atoms with Crippen molar-refractivity contribution >= 4 is 11.6 Å². The molecule has 0 aliphatic carbocycles. The fourth-order valence-corrected chi connectivity index (χ4v) is 1.66. The molecule has 4 nitrogen and oxygen atoms in total. The van der Waals surface area contributed by atoms with Crippen LogP contribution in [-0.2, 0) is 0 Å². The molecular weight excluding hydrogens is 236 g/mol. The van der Waals surface area contributed by atoms with E-state index in [1.165, 1.54) is 6.20 Å². The largest absolute Gasteiger partial charge is 0.263 e. The van der Waals surface area contributed by atoms with Crippen molar-refractivity contribution in [2.45, 2.75) is 13.8 Å². The summed E-state index contributed by atoms with van der Waals surface area (Å²) in [5, 5.41) is 17.2. The molecule has 2 aromatic rings. The first-order valence-corrected chi connectivity index (χ1v) is 5.36. The molecule has 0 saturated heterocycles. The maximum atomic E-state index is 8.83. The highest BCUT2D eigenvalue weighted by Crippen LogP contribution is 2.25. The van der Waals surface area contributed by atoms with Crippen molar-refractivity contribution in [1.29, 1.82) is 5.26 Å². The number of nitrogens with zero attached hydrogens (tertiary/aromatic N) is 4. The topological polar surface area (TPSA) is 62.5 Å². The Morgan fingerprint density at radius 1 is 1.18 bits per heavy atom. The van der Waals surface area contributed by atoms with Crippen LogP contribution in [0.15, 0.2) is 18.5 Å². The lowest BCUT2D eigenvalue weighted by atomic mass is 10.1. The smallest absolute Gasteiger partial charge is 0.154 e. The summed E-state index contributed by atoms with van der Waals surface area (Å²) >= 11 is 5.89. The zero-order valence-electron chi connectivity index (χ0n) is 9.40. The number of rotatable bonds is 1. The second-order valence-corrected chi connectivity index (χ2v) is 4.02. The van der Waals surface area contributed by atoms with Crippen LogP contribution >= 0.6 is 11.6 Å². The number of hydrogen-bond donors (Lipinski definition) is 0. The lowest BCUT2D eigenvalue weighted by molar-refractivity contribution is 1.00. The van der Waals surface area contributed by atoms with Crippen LogP contribution in [0.3, 0.4) is 0 Å². The minimum absolute atomic E-state index is 0.399. The molecule has 17 heavy (non-hydrogen) atoms. The normalized spacial score (nSPS) is 10.0. The Morgan fingerprint density at radius 3 is 2.65 bits per heavy atom. The third-order valence-corrected chi connectivity index (χ3v) is 2.96. The second-order valence-electron chi connectivity index (χ2n) is 3.66. The molecule has 2 heterocycles. The van der Waals surface area contributed by atoms with Gasteiger partial charge in [-0.1, -0.05) is 11.6 Å². The van der Waals surface area contributed by atoms with Gasteiger partial charge in [-0.15, -0.1) is 10.2 Å². The summed E-state index contributed by atoms with van der Waals surface area (Å²) in [5.41, 5.74) is 3.81. The third kappa shape index (κ3) is 2.10. The van der Waals surface area contributed by atoms with E-state index < -0.39 is 0 Å². The van der Waals surface area contributed by atoms with Gasteiger partial charge in [0, 0.05) is 18.0 Å². The Morgan fingerprint density at radius 2 is 1.94 bits per heavy atom. The fraction of sp³-hybridized carbons (Fsp3) is 0.167. The van der Waals surface area contributed by atoms with Crippen LogP contribution in [0.1, 0.15) is 16.7 Å². The molecule has 2 aromatic heterocycles. The van der Waals surface area contributed by atoms with Crippen molar-refractivity contribution in [1.82, 2.24) is 15.2 Å². The summed E-state index contributed by atoms with van der Waals surface area (Å²) in [6, 6.07) is 3.78. The molecule has 0 aliphatic heterocycles. The molecule has 0 aromatic carbocycles. The third-order valence-electron chi connectivity index (χ3n) is 2.61. The maximum Gasteiger partial charge on any atom is 0.154 e. The van der Waals surface area contributed by atoms with Crippen LogP contribution < -0.4 is 0 Å². The zero-order chi connectivity index (χ0) is 12.4.